The maximum absolute atomic E-state index is 12.5. The van der Waals surface area contributed by atoms with Crippen molar-refractivity contribution in [3.8, 4) is 0 Å². The third kappa shape index (κ3) is 6.71. The van der Waals surface area contributed by atoms with Crippen LogP contribution in [0.25, 0.3) is 0 Å². The zero-order chi connectivity index (χ0) is 16.8. The molecule has 0 spiro atoms. The van der Waals surface area contributed by atoms with Crippen LogP contribution in [-0.4, -0.2) is 30.8 Å². The minimum Gasteiger partial charge on any atom is -0.399 e. The number of alkyl halides is 2. The van der Waals surface area contributed by atoms with Gasteiger partial charge in [0.25, 0.3) is 11.8 Å². The molecule has 0 bridgehead atoms. The summed E-state index contributed by atoms with van der Waals surface area (Å²) in [6.07, 6.45) is 0.369. The molecule has 5 nitrogen and oxygen atoms in total. The van der Waals surface area contributed by atoms with Crippen LogP contribution < -0.4 is 16.4 Å². The quantitative estimate of drug-likeness (QED) is 0.528. The van der Waals surface area contributed by atoms with Gasteiger partial charge < -0.3 is 16.4 Å². The molecule has 22 heavy (non-hydrogen) atoms. The van der Waals surface area contributed by atoms with Gasteiger partial charge in [0.15, 0.2) is 0 Å². The largest absolute Gasteiger partial charge is 0.399 e. The Morgan fingerprint density at radius 1 is 1.32 bits per heavy atom. The molecule has 0 atom stereocenters. The van der Waals surface area contributed by atoms with Crippen molar-refractivity contribution >= 4 is 29.1 Å². The molecule has 2 amide bonds. The highest BCUT2D eigenvalue weighted by molar-refractivity contribution is 6.34. The molecule has 0 saturated heterocycles. The molecular weight excluding hydrogens is 316 g/mol. The molecule has 4 N–H and O–H groups in total. The molecule has 0 saturated carbocycles. The number of anilines is 1. The van der Waals surface area contributed by atoms with Crippen LogP contribution in [0.2, 0.25) is 5.02 Å². The summed E-state index contributed by atoms with van der Waals surface area (Å²) in [4.78, 5) is 23.2. The molecule has 1 aromatic carbocycles. The molecule has 8 heteroatoms. The fourth-order valence-electron chi connectivity index (χ4n) is 1.61. The van der Waals surface area contributed by atoms with Gasteiger partial charge >= 0.3 is 0 Å². The first-order chi connectivity index (χ1) is 10.2. The smallest absolute Gasteiger partial charge is 0.262 e. The van der Waals surface area contributed by atoms with Gasteiger partial charge in [0, 0.05) is 25.6 Å². The lowest BCUT2D eigenvalue weighted by Crippen LogP contribution is -2.35. The van der Waals surface area contributed by atoms with Crippen molar-refractivity contribution in [3.63, 3.8) is 0 Å². The fraction of sp³-hybridized carbons (Fsp3) is 0.429. The van der Waals surface area contributed by atoms with E-state index in [1.807, 2.05) is 0 Å². The molecule has 0 aliphatic heterocycles. The van der Waals surface area contributed by atoms with Gasteiger partial charge in [-0.1, -0.05) is 11.6 Å². The van der Waals surface area contributed by atoms with E-state index in [1.54, 1.807) is 6.07 Å². The number of hydrogen-bond donors (Lipinski definition) is 3. The van der Waals surface area contributed by atoms with Crippen LogP contribution in [0.4, 0.5) is 14.5 Å². The second kappa shape index (κ2) is 7.93. The van der Waals surface area contributed by atoms with E-state index in [2.05, 4.69) is 10.6 Å². The number of amides is 2. The second-order valence-corrected chi connectivity index (χ2v) is 5.35. The molecule has 0 fully saturated rings. The Morgan fingerprint density at radius 2 is 2.00 bits per heavy atom. The van der Waals surface area contributed by atoms with Gasteiger partial charge in [-0.3, -0.25) is 9.59 Å². The first-order valence-electron chi connectivity index (χ1n) is 6.67. The third-order valence-corrected chi connectivity index (χ3v) is 3.03. The second-order valence-electron chi connectivity index (χ2n) is 4.95. The normalized spacial score (nSPS) is 11.1. The number of carbonyl (C=O) groups excluding carboxylic acids is 2. The molecule has 0 aromatic heterocycles. The van der Waals surface area contributed by atoms with E-state index in [0.29, 0.717) is 12.1 Å². The average molecular weight is 334 g/mol. The number of nitrogens with one attached hydrogen (secondary N) is 2. The molecule has 0 aliphatic rings. The molecular formula is C14H18ClF2N3O2. The molecule has 1 aromatic rings. The summed E-state index contributed by atoms with van der Waals surface area (Å²) in [5, 5.41) is 4.98. The number of nitrogens with two attached hydrogens (primary N) is 1. The highest BCUT2D eigenvalue weighted by atomic mass is 35.5. The monoisotopic (exact) mass is 333 g/mol. The maximum atomic E-state index is 12.5. The lowest BCUT2D eigenvalue weighted by molar-refractivity contribution is -0.122. The van der Waals surface area contributed by atoms with Gasteiger partial charge in [-0.05, 0) is 24.6 Å². The van der Waals surface area contributed by atoms with Crippen LogP contribution in [0.5, 0.6) is 0 Å². The molecule has 0 radical (unpaired) electrons. The number of benzene rings is 1. The maximum Gasteiger partial charge on any atom is 0.262 e. The van der Waals surface area contributed by atoms with Gasteiger partial charge in [-0.15, -0.1) is 0 Å². The summed E-state index contributed by atoms with van der Waals surface area (Å²) in [5.41, 5.74) is 6.23. The van der Waals surface area contributed by atoms with Crippen LogP contribution >= 0.6 is 11.6 Å². The molecule has 0 aliphatic carbocycles. The summed E-state index contributed by atoms with van der Waals surface area (Å²) >= 11 is 5.89. The van der Waals surface area contributed by atoms with Gasteiger partial charge in [-0.25, -0.2) is 8.78 Å². The van der Waals surface area contributed by atoms with Crippen molar-refractivity contribution in [2.75, 3.05) is 18.8 Å². The van der Waals surface area contributed by atoms with E-state index < -0.39 is 24.3 Å². The Kier molecular flexibility index (Phi) is 6.55. The van der Waals surface area contributed by atoms with Crippen LogP contribution in [0, 0.1) is 0 Å². The Balaban J connectivity index is 2.31. The Morgan fingerprint density at radius 3 is 2.64 bits per heavy atom. The van der Waals surface area contributed by atoms with Gasteiger partial charge in [-0.2, -0.15) is 0 Å². The van der Waals surface area contributed by atoms with Crippen molar-refractivity contribution in [1.29, 1.82) is 0 Å². The summed E-state index contributed by atoms with van der Waals surface area (Å²) < 4.78 is 25.1. The van der Waals surface area contributed by atoms with Gasteiger partial charge in [0.05, 0.1) is 17.1 Å². The minimum absolute atomic E-state index is 0.0427. The van der Waals surface area contributed by atoms with Crippen LogP contribution in [0.1, 0.15) is 30.1 Å². The molecule has 1 rings (SSSR count). The Labute approximate surface area is 132 Å². The first-order valence-corrected chi connectivity index (χ1v) is 7.04. The van der Waals surface area contributed by atoms with Crippen LogP contribution in [0.15, 0.2) is 18.2 Å². The SMILES string of the molecule is CC(F)(F)CNC(=O)CCCNC(=O)c1cc(N)ccc1Cl. The number of halogens is 3. The predicted molar refractivity (Wildman–Crippen MR) is 81.1 cm³/mol. The summed E-state index contributed by atoms with van der Waals surface area (Å²) in [6.45, 7) is 0.250. The number of hydrogen-bond acceptors (Lipinski definition) is 3. The lowest BCUT2D eigenvalue weighted by Gasteiger charge is -2.11. The standard InChI is InChI=1S/C14H18ClF2N3O2/c1-14(16,17)8-20-12(21)3-2-6-19-13(22)10-7-9(18)4-5-11(10)15/h4-5,7H,2-3,6,8,18H2,1H3,(H,19,22)(H,20,21). The lowest BCUT2D eigenvalue weighted by atomic mass is 10.2. The summed E-state index contributed by atoms with van der Waals surface area (Å²) in [5.74, 6) is -3.83. The van der Waals surface area contributed by atoms with Crippen molar-refractivity contribution < 1.29 is 18.4 Å². The number of nitrogen functional groups attached to an aromatic ring is 1. The first kappa shape index (κ1) is 18.2. The van der Waals surface area contributed by atoms with E-state index in [0.717, 1.165) is 6.92 Å². The number of rotatable bonds is 7. The van der Waals surface area contributed by atoms with Crippen LogP contribution in [-0.2, 0) is 4.79 Å². The predicted octanol–water partition coefficient (Wildman–Crippen LogP) is 2.20. The van der Waals surface area contributed by atoms with E-state index in [-0.39, 0.29) is 23.6 Å². The Hall–Kier alpha value is -1.89. The zero-order valence-electron chi connectivity index (χ0n) is 12.1. The minimum atomic E-state index is -2.94. The van der Waals surface area contributed by atoms with E-state index in [1.165, 1.54) is 12.1 Å². The average Bonchev–Trinajstić information content (AvgIpc) is 2.43. The Bertz CT molecular complexity index is 547. The zero-order valence-corrected chi connectivity index (χ0v) is 12.8. The molecule has 0 unspecified atom stereocenters. The van der Waals surface area contributed by atoms with E-state index >= 15 is 0 Å². The van der Waals surface area contributed by atoms with Crippen molar-refractivity contribution in [1.82, 2.24) is 10.6 Å². The van der Waals surface area contributed by atoms with E-state index in [4.69, 9.17) is 17.3 Å². The molecule has 0 heterocycles. The number of carbonyl (C=O) groups is 2. The van der Waals surface area contributed by atoms with Crippen molar-refractivity contribution in [2.24, 2.45) is 0 Å². The molecule has 122 valence electrons. The third-order valence-electron chi connectivity index (χ3n) is 2.70. The van der Waals surface area contributed by atoms with Crippen LogP contribution in [0.3, 0.4) is 0 Å². The van der Waals surface area contributed by atoms with Gasteiger partial charge in [0.1, 0.15) is 0 Å². The summed E-state index contributed by atoms with van der Waals surface area (Å²) in [6, 6.07) is 4.55. The highest BCUT2D eigenvalue weighted by Crippen LogP contribution is 2.18. The fourth-order valence-corrected chi connectivity index (χ4v) is 1.81. The summed E-state index contributed by atoms with van der Waals surface area (Å²) in [7, 11) is 0. The highest BCUT2D eigenvalue weighted by Gasteiger charge is 2.21. The van der Waals surface area contributed by atoms with Crippen molar-refractivity contribution in [2.45, 2.75) is 25.7 Å². The van der Waals surface area contributed by atoms with Gasteiger partial charge in [0.2, 0.25) is 5.91 Å². The van der Waals surface area contributed by atoms with E-state index in [9.17, 15) is 18.4 Å². The topological polar surface area (TPSA) is 84.2 Å². The van der Waals surface area contributed by atoms with Crippen molar-refractivity contribution in [3.05, 3.63) is 28.8 Å².